The summed E-state index contributed by atoms with van der Waals surface area (Å²) in [5.74, 6) is 0. The lowest BCUT2D eigenvalue weighted by Crippen LogP contribution is -2.09. The standard InChI is InChI=1S/C10H8N2O/c1-2-9-7-5-3-4-6-8(7)10(13)12-11-9/h2-6H,1H2,(H,12,13). The summed E-state index contributed by atoms with van der Waals surface area (Å²) in [5, 5.41) is 7.77. The number of hydrogen-bond donors (Lipinski definition) is 1. The first kappa shape index (κ1) is 7.73. The first-order valence-electron chi connectivity index (χ1n) is 3.93. The third kappa shape index (κ3) is 1.14. The normalized spacial score (nSPS) is 10.2. The quantitative estimate of drug-likeness (QED) is 0.709. The van der Waals surface area contributed by atoms with Gasteiger partial charge in [0.1, 0.15) is 0 Å². The monoisotopic (exact) mass is 172 g/mol. The fourth-order valence-corrected chi connectivity index (χ4v) is 1.29. The van der Waals surface area contributed by atoms with E-state index in [-0.39, 0.29) is 5.56 Å². The Labute approximate surface area is 74.7 Å². The highest BCUT2D eigenvalue weighted by Gasteiger charge is 2.01. The van der Waals surface area contributed by atoms with Crippen LogP contribution in [-0.4, -0.2) is 10.2 Å². The van der Waals surface area contributed by atoms with Crippen LogP contribution in [0.2, 0.25) is 0 Å². The summed E-state index contributed by atoms with van der Waals surface area (Å²) in [6.45, 7) is 3.63. The molecule has 0 saturated carbocycles. The summed E-state index contributed by atoms with van der Waals surface area (Å²) >= 11 is 0. The van der Waals surface area contributed by atoms with Crippen LogP contribution in [0, 0.1) is 0 Å². The number of H-pyrrole nitrogens is 1. The molecular formula is C10H8N2O. The molecule has 0 bridgehead atoms. The molecule has 0 saturated heterocycles. The fourth-order valence-electron chi connectivity index (χ4n) is 1.29. The van der Waals surface area contributed by atoms with E-state index in [0.717, 1.165) is 5.39 Å². The molecule has 0 spiro atoms. The van der Waals surface area contributed by atoms with Crippen molar-refractivity contribution in [1.29, 1.82) is 0 Å². The Morgan fingerprint density at radius 2 is 2.00 bits per heavy atom. The number of nitrogens with one attached hydrogen (secondary N) is 1. The topological polar surface area (TPSA) is 45.8 Å². The van der Waals surface area contributed by atoms with Crippen molar-refractivity contribution in [3.8, 4) is 0 Å². The highest BCUT2D eigenvalue weighted by atomic mass is 16.1. The Hall–Kier alpha value is -1.90. The maximum Gasteiger partial charge on any atom is 0.272 e. The molecule has 0 atom stereocenters. The van der Waals surface area contributed by atoms with Crippen LogP contribution in [0.1, 0.15) is 5.69 Å². The molecule has 1 aromatic heterocycles. The van der Waals surface area contributed by atoms with Crippen molar-refractivity contribution in [3.05, 3.63) is 46.9 Å². The van der Waals surface area contributed by atoms with Gasteiger partial charge in [0.25, 0.3) is 5.56 Å². The van der Waals surface area contributed by atoms with E-state index in [0.29, 0.717) is 11.1 Å². The lowest BCUT2D eigenvalue weighted by molar-refractivity contribution is 1.00. The minimum atomic E-state index is -0.166. The predicted molar refractivity (Wildman–Crippen MR) is 52.5 cm³/mol. The number of benzene rings is 1. The third-order valence-electron chi connectivity index (χ3n) is 1.92. The summed E-state index contributed by atoms with van der Waals surface area (Å²) < 4.78 is 0. The summed E-state index contributed by atoms with van der Waals surface area (Å²) in [7, 11) is 0. The Morgan fingerprint density at radius 3 is 2.69 bits per heavy atom. The summed E-state index contributed by atoms with van der Waals surface area (Å²) in [4.78, 5) is 11.3. The molecule has 0 unspecified atom stereocenters. The van der Waals surface area contributed by atoms with Gasteiger partial charge >= 0.3 is 0 Å². The number of aromatic amines is 1. The van der Waals surface area contributed by atoms with Gasteiger partial charge in [-0.2, -0.15) is 5.10 Å². The average Bonchev–Trinajstić information content (AvgIpc) is 2.19. The van der Waals surface area contributed by atoms with E-state index in [1.54, 1.807) is 12.1 Å². The lowest BCUT2D eigenvalue weighted by atomic mass is 10.1. The molecule has 1 N–H and O–H groups in total. The molecule has 0 fully saturated rings. The molecule has 0 aliphatic heterocycles. The summed E-state index contributed by atoms with van der Waals surface area (Å²) in [5.41, 5.74) is 0.538. The second kappa shape index (κ2) is 2.86. The van der Waals surface area contributed by atoms with E-state index in [4.69, 9.17) is 0 Å². The average molecular weight is 172 g/mol. The minimum absolute atomic E-state index is 0.166. The van der Waals surface area contributed by atoms with Gasteiger partial charge in [0.05, 0.1) is 11.1 Å². The van der Waals surface area contributed by atoms with Gasteiger partial charge in [0.15, 0.2) is 0 Å². The van der Waals surface area contributed by atoms with Crippen LogP contribution < -0.4 is 5.56 Å². The Balaban J connectivity index is 3.01. The van der Waals surface area contributed by atoms with Gasteiger partial charge in [-0.25, -0.2) is 5.10 Å². The molecule has 3 nitrogen and oxygen atoms in total. The molecule has 1 aromatic carbocycles. The van der Waals surface area contributed by atoms with Crippen LogP contribution in [-0.2, 0) is 0 Å². The first-order valence-corrected chi connectivity index (χ1v) is 3.93. The first-order chi connectivity index (χ1) is 6.33. The molecule has 0 radical (unpaired) electrons. The molecule has 1 heterocycles. The van der Waals surface area contributed by atoms with Crippen LogP contribution in [0.4, 0.5) is 0 Å². The van der Waals surface area contributed by atoms with Gasteiger partial charge in [-0.05, 0) is 12.1 Å². The van der Waals surface area contributed by atoms with Crippen molar-refractivity contribution in [2.75, 3.05) is 0 Å². The SMILES string of the molecule is C=Cc1n[nH]c(=O)c2ccccc12. The highest BCUT2D eigenvalue weighted by Crippen LogP contribution is 2.12. The second-order valence-corrected chi connectivity index (χ2v) is 2.69. The van der Waals surface area contributed by atoms with Gasteiger partial charge in [-0.15, -0.1) is 0 Å². The number of fused-ring (bicyclic) bond motifs is 1. The molecule has 0 aliphatic rings. The van der Waals surface area contributed by atoms with Crippen LogP contribution in [0.25, 0.3) is 16.8 Å². The molecule has 0 amide bonds. The van der Waals surface area contributed by atoms with Gasteiger partial charge in [-0.1, -0.05) is 24.8 Å². The number of hydrogen-bond acceptors (Lipinski definition) is 2. The molecule has 0 aliphatic carbocycles. The van der Waals surface area contributed by atoms with Crippen molar-refractivity contribution in [2.45, 2.75) is 0 Å². The molecular weight excluding hydrogens is 164 g/mol. The van der Waals surface area contributed by atoms with Crippen LogP contribution >= 0.6 is 0 Å². The van der Waals surface area contributed by atoms with Crippen LogP contribution in [0.3, 0.4) is 0 Å². The minimum Gasteiger partial charge on any atom is -0.267 e. The van der Waals surface area contributed by atoms with Crippen molar-refractivity contribution < 1.29 is 0 Å². The molecule has 2 rings (SSSR count). The Bertz CT molecular complexity index is 514. The maximum atomic E-state index is 11.3. The van der Waals surface area contributed by atoms with Gasteiger partial charge in [-0.3, -0.25) is 4.79 Å². The zero-order chi connectivity index (χ0) is 9.26. The fraction of sp³-hybridized carbons (Fsp3) is 0. The van der Waals surface area contributed by atoms with Crippen LogP contribution in [0.5, 0.6) is 0 Å². The Kier molecular flexibility index (Phi) is 1.70. The largest absolute Gasteiger partial charge is 0.272 e. The Morgan fingerprint density at radius 1 is 1.31 bits per heavy atom. The van der Waals surface area contributed by atoms with Crippen LogP contribution in [0.15, 0.2) is 35.6 Å². The summed E-state index contributed by atoms with van der Waals surface area (Å²) in [6, 6.07) is 7.32. The van der Waals surface area contributed by atoms with Gasteiger partial charge in [0.2, 0.25) is 0 Å². The third-order valence-corrected chi connectivity index (χ3v) is 1.92. The number of aromatic nitrogens is 2. The van der Waals surface area contributed by atoms with E-state index in [1.807, 2.05) is 18.2 Å². The maximum absolute atomic E-state index is 11.3. The lowest BCUT2D eigenvalue weighted by Gasteiger charge is -1.98. The smallest absolute Gasteiger partial charge is 0.267 e. The zero-order valence-electron chi connectivity index (χ0n) is 6.95. The summed E-state index contributed by atoms with van der Waals surface area (Å²) in [6.07, 6.45) is 1.62. The highest BCUT2D eigenvalue weighted by molar-refractivity contribution is 5.87. The zero-order valence-corrected chi connectivity index (χ0v) is 6.95. The second-order valence-electron chi connectivity index (χ2n) is 2.69. The molecule has 3 heteroatoms. The van der Waals surface area contributed by atoms with Crippen molar-refractivity contribution in [1.82, 2.24) is 10.2 Å². The predicted octanol–water partition coefficient (Wildman–Crippen LogP) is 1.57. The van der Waals surface area contributed by atoms with E-state index >= 15 is 0 Å². The van der Waals surface area contributed by atoms with Crippen molar-refractivity contribution in [3.63, 3.8) is 0 Å². The molecule has 64 valence electrons. The van der Waals surface area contributed by atoms with Crippen molar-refractivity contribution >= 4 is 16.8 Å². The molecule has 2 aromatic rings. The number of nitrogens with zero attached hydrogens (tertiary/aromatic N) is 1. The van der Waals surface area contributed by atoms with E-state index in [2.05, 4.69) is 16.8 Å². The van der Waals surface area contributed by atoms with E-state index in [1.165, 1.54) is 0 Å². The van der Waals surface area contributed by atoms with Crippen molar-refractivity contribution in [2.24, 2.45) is 0 Å². The van der Waals surface area contributed by atoms with Gasteiger partial charge < -0.3 is 0 Å². The van der Waals surface area contributed by atoms with E-state index < -0.39 is 0 Å². The van der Waals surface area contributed by atoms with E-state index in [9.17, 15) is 4.79 Å². The molecule has 13 heavy (non-hydrogen) atoms. The van der Waals surface area contributed by atoms with Gasteiger partial charge in [0, 0.05) is 5.39 Å². The number of rotatable bonds is 1.